The highest BCUT2D eigenvalue weighted by Crippen LogP contribution is 2.29. The summed E-state index contributed by atoms with van der Waals surface area (Å²) in [6.45, 7) is 4.68. The molecule has 9 nitrogen and oxygen atoms in total. The average molecular weight is 502 g/mol. The van der Waals surface area contributed by atoms with Crippen LogP contribution in [-0.4, -0.2) is 86.5 Å². The lowest BCUT2D eigenvalue weighted by molar-refractivity contribution is 0.163. The molecule has 35 heavy (non-hydrogen) atoms. The van der Waals surface area contributed by atoms with Gasteiger partial charge in [0.1, 0.15) is 17.9 Å². The Kier molecular flexibility index (Phi) is 8.72. The normalized spacial score (nSPS) is 20.4. The fourth-order valence-electron chi connectivity index (χ4n) is 4.57. The Labute approximate surface area is 208 Å². The van der Waals surface area contributed by atoms with Crippen LogP contribution < -0.4 is 9.64 Å². The van der Waals surface area contributed by atoms with Crippen molar-refractivity contribution in [2.24, 2.45) is 0 Å². The van der Waals surface area contributed by atoms with Gasteiger partial charge in [-0.25, -0.2) is 18.4 Å². The van der Waals surface area contributed by atoms with Crippen LogP contribution in [0.15, 0.2) is 42.9 Å². The Balaban J connectivity index is 1.49. The standard InChI is InChI=1S/C25H35N5O4S/c1-33-17-5-6-22-18-21(19-28-13-15-29(16-14-28)35(2,31)32)8-9-23(22)34-25-7-3-4-12-30(25)24-10-11-26-20-27-24/h5-6,8-11,18,20,25H,3-4,7,12-17,19H2,1-2H3. The van der Waals surface area contributed by atoms with Gasteiger partial charge in [0.2, 0.25) is 10.0 Å². The van der Waals surface area contributed by atoms with Crippen molar-refractivity contribution in [2.45, 2.75) is 32.0 Å². The Bertz CT molecular complexity index is 1090. The minimum atomic E-state index is -3.13. The lowest BCUT2D eigenvalue weighted by atomic mass is 10.1. The van der Waals surface area contributed by atoms with Crippen molar-refractivity contribution in [3.8, 4) is 5.75 Å². The van der Waals surface area contributed by atoms with Gasteiger partial charge in [-0.2, -0.15) is 4.31 Å². The highest BCUT2D eigenvalue weighted by Gasteiger charge is 2.26. The molecule has 3 heterocycles. The van der Waals surface area contributed by atoms with Crippen LogP contribution in [0.25, 0.3) is 6.08 Å². The van der Waals surface area contributed by atoms with Gasteiger partial charge in [0.15, 0.2) is 6.23 Å². The van der Waals surface area contributed by atoms with E-state index in [1.165, 1.54) is 11.8 Å². The van der Waals surface area contributed by atoms with E-state index in [0.717, 1.165) is 62.6 Å². The monoisotopic (exact) mass is 501 g/mol. The Morgan fingerprint density at radius 1 is 1.11 bits per heavy atom. The molecule has 0 amide bonds. The molecule has 2 aliphatic rings. The van der Waals surface area contributed by atoms with Crippen molar-refractivity contribution in [1.29, 1.82) is 0 Å². The smallest absolute Gasteiger partial charge is 0.211 e. The van der Waals surface area contributed by atoms with Crippen molar-refractivity contribution in [1.82, 2.24) is 19.2 Å². The number of rotatable bonds is 9. The molecular formula is C25H35N5O4S. The van der Waals surface area contributed by atoms with E-state index in [2.05, 4.69) is 31.9 Å². The molecule has 0 N–H and O–H groups in total. The zero-order valence-corrected chi connectivity index (χ0v) is 21.4. The molecule has 1 aromatic heterocycles. The van der Waals surface area contributed by atoms with Gasteiger partial charge in [-0.3, -0.25) is 4.90 Å². The predicted molar refractivity (Wildman–Crippen MR) is 137 cm³/mol. The average Bonchev–Trinajstić information content (AvgIpc) is 2.86. The molecule has 2 aliphatic heterocycles. The van der Waals surface area contributed by atoms with Gasteiger partial charge >= 0.3 is 0 Å². The van der Waals surface area contributed by atoms with Gasteiger partial charge in [-0.1, -0.05) is 18.2 Å². The summed E-state index contributed by atoms with van der Waals surface area (Å²) in [5, 5.41) is 0. The molecule has 2 aromatic rings. The third-order valence-electron chi connectivity index (χ3n) is 6.41. The lowest BCUT2D eigenvalue weighted by Gasteiger charge is -2.36. The molecule has 2 saturated heterocycles. The maximum atomic E-state index is 11.8. The molecule has 0 saturated carbocycles. The first-order valence-corrected chi connectivity index (χ1v) is 13.9. The second-order valence-corrected chi connectivity index (χ2v) is 11.0. The van der Waals surface area contributed by atoms with Crippen LogP contribution in [0.5, 0.6) is 5.75 Å². The lowest BCUT2D eigenvalue weighted by Crippen LogP contribution is -2.47. The molecule has 0 bridgehead atoms. The van der Waals surface area contributed by atoms with Crippen LogP contribution in [0.4, 0.5) is 5.82 Å². The molecule has 4 rings (SSSR count). The van der Waals surface area contributed by atoms with Crippen LogP contribution in [0.2, 0.25) is 0 Å². The van der Waals surface area contributed by atoms with E-state index in [9.17, 15) is 8.42 Å². The Morgan fingerprint density at radius 3 is 2.66 bits per heavy atom. The molecule has 190 valence electrons. The summed E-state index contributed by atoms with van der Waals surface area (Å²) in [6.07, 6.45) is 11.7. The molecular weight excluding hydrogens is 466 g/mol. The largest absolute Gasteiger partial charge is 0.470 e. The number of piperidine rings is 1. The summed E-state index contributed by atoms with van der Waals surface area (Å²) < 4.78 is 36.9. The van der Waals surface area contributed by atoms with E-state index in [0.29, 0.717) is 19.7 Å². The third-order valence-corrected chi connectivity index (χ3v) is 7.72. The van der Waals surface area contributed by atoms with Crippen molar-refractivity contribution >= 4 is 21.9 Å². The molecule has 1 unspecified atom stereocenters. The number of ether oxygens (including phenoxy) is 2. The topological polar surface area (TPSA) is 88.1 Å². The highest BCUT2D eigenvalue weighted by atomic mass is 32.2. The summed E-state index contributed by atoms with van der Waals surface area (Å²) in [6, 6.07) is 8.22. The van der Waals surface area contributed by atoms with E-state index in [1.807, 2.05) is 24.3 Å². The first-order valence-electron chi connectivity index (χ1n) is 12.1. The summed E-state index contributed by atoms with van der Waals surface area (Å²) in [5.74, 6) is 1.71. The van der Waals surface area contributed by atoms with Gasteiger partial charge < -0.3 is 14.4 Å². The fraction of sp³-hybridized carbons (Fsp3) is 0.520. The van der Waals surface area contributed by atoms with E-state index in [-0.39, 0.29) is 6.23 Å². The van der Waals surface area contributed by atoms with Crippen molar-refractivity contribution < 1.29 is 17.9 Å². The number of hydrogen-bond acceptors (Lipinski definition) is 8. The fourth-order valence-corrected chi connectivity index (χ4v) is 5.39. The van der Waals surface area contributed by atoms with Gasteiger partial charge in [-0.05, 0) is 36.6 Å². The van der Waals surface area contributed by atoms with Crippen LogP contribution in [0.3, 0.4) is 0 Å². The first kappa shape index (κ1) is 25.6. The molecule has 0 aliphatic carbocycles. The number of benzene rings is 1. The number of hydrogen-bond donors (Lipinski definition) is 0. The number of anilines is 1. The van der Waals surface area contributed by atoms with Gasteiger partial charge in [-0.15, -0.1) is 0 Å². The second kappa shape index (κ2) is 11.9. The Morgan fingerprint density at radius 2 is 1.94 bits per heavy atom. The van der Waals surface area contributed by atoms with Crippen LogP contribution in [0.1, 0.15) is 30.4 Å². The first-order chi connectivity index (χ1) is 16.9. The zero-order valence-electron chi connectivity index (χ0n) is 20.5. The summed E-state index contributed by atoms with van der Waals surface area (Å²) in [4.78, 5) is 13.0. The van der Waals surface area contributed by atoms with Crippen LogP contribution in [-0.2, 0) is 21.3 Å². The zero-order chi connectivity index (χ0) is 24.7. The minimum Gasteiger partial charge on any atom is -0.470 e. The maximum absolute atomic E-state index is 11.8. The number of piperazine rings is 1. The predicted octanol–water partition coefficient (Wildman–Crippen LogP) is 2.61. The molecule has 0 spiro atoms. The number of nitrogens with zero attached hydrogens (tertiary/aromatic N) is 5. The van der Waals surface area contributed by atoms with Crippen LogP contribution >= 0.6 is 0 Å². The molecule has 0 radical (unpaired) electrons. The third kappa shape index (κ3) is 7.00. The quantitative estimate of drug-likeness (QED) is 0.518. The number of methoxy groups -OCH3 is 1. The molecule has 2 fully saturated rings. The highest BCUT2D eigenvalue weighted by molar-refractivity contribution is 7.88. The number of aromatic nitrogens is 2. The van der Waals surface area contributed by atoms with Crippen molar-refractivity contribution in [3.05, 3.63) is 54.0 Å². The summed E-state index contributed by atoms with van der Waals surface area (Å²) in [7, 11) is -1.45. The van der Waals surface area contributed by atoms with Crippen molar-refractivity contribution in [3.63, 3.8) is 0 Å². The number of sulfonamides is 1. The van der Waals surface area contributed by atoms with Crippen molar-refractivity contribution in [2.75, 3.05) is 57.6 Å². The SMILES string of the molecule is COCC=Cc1cc(CN2CCN(S(C)(=O)=O)CC2)ccc1OC1CCCCN1c1ccncn1. The van der Waals surface area contributed by atoms with E-state index < -0.39 is 10.0 Å². The molecule has 10 heteroatoms. The molecule has 1 aromatic carbocycles. The van der Waals surface area contributed by atoms with Gasteiger partial charge in [0.05, 0.1) is 12.9 Å². The van der Waals surface area contributed by atoms with E-state index in [4.69, 9.17) is 9.47 Å². The summed E-state index contributed by atoms with van der Waals surface area (Å²) >= 11 is 0. The van der Waals surface area contributed by atoms with E-state index >= 15 is 0 Å². The molecule has 1 atom stereocenters. The van der Waals surface area contributed by atoms with E-state index in [1.54, 1.807) is 23.9 Å². The van der Waals surface area contributed by atoms with Gasteiger partial charge in [0, 0.05) is 64.6 Å². The summed E-state index contributed by atoms with van der Waals surface area (Å²) in [5.41, 5.74) is 2.17. The minimum absolute atomic E-state index is 0.0943. The Hall–Kier alpha value is -2.53. The van der Waals surface area contributed by atoms with Gasteiger partial charge in [0.25, 0.3) is 0 Å². The maximum Gasteiger partial charge on any atom is 0.211 e. The second-order valence-electron chi connectivity index (χ2n) is 9.00. The van der Waals surface area contributed by atoms with Crippen LogP contribution in [0, 0.1) is 0 Å².